The van der Waals surface area contributed by atoms with Gasteiger partial charge in [-0.2, -0.15) is 0 Å². The van der Waals surface area contributed by atoms with Gasteiger partial charge < -0.3 is 9.64 Å². The van der Waals surface area contributed by atoms with Gasteiger partial charge in [0.15, 0.2) is 0 Å². The van der Waals surface area contributed by atoms with E-state index in [9.17, 15) is 4.39 Å². The Kier molecular flexibility index (Phi) is 6.64. The Labute approximate surface area is 176 Å². The van der Waals surface area contributed by atoms with E-state index in [1.54, 1.807) is 18.5 Å². The molecule has 0 spiro atoms. The summed E-state index contributed by atoms with van der Waals surface area (Å²) in [6.07, 6.45) is 4.75. The van der Waals surface area contributed by atoms with Crippen molar-refractivity contribution in [2.45, 2.75) is 45.3 Å². The molecule has 2 aromatic rings. The summed E-state index contributed by atoms with van der Waals surface area (Å²) < 4.78 is 19.7. The van der Waals surface area contributed by atoms with Crippen molar-refractivity contribution >= 4 is 35.2 Å². The average Bonchev–Trinajstić information content (AvgIpc) is 2.64. The van der Waals surface area contributed by atoms with Gasteiger partial charge in [0.1, 0.15) is 5.82 Å². The lowest BCUT2D eigenvalue weighted by Crippen LogP contribution is -2.37. The number of benzene rings is 2. The van der Waals surface area contributed by atoms with Crippen LogP contribution in [-0.4, -0.2) is 24.8 Å². The molecule has 1 saturated carbocycles. The summed E-state index contributed by atoms with van der Waals surface area (Å²) in [5.74, 6) is -0.420. The Morgan fingerprint density at radius 1 is 1.21 bits per heavy atom. The minimum absolute atomic E-state index is 0.113. The van der Waals surface area contributed by atoms with Crippen LogP contribution in [0.1, 0.15) is 42.9 Å². The van der Waals surface area contributed by atoms with E-state index in [-0.39, 0.29) is 10.6 Å². The first kappa shape index (κ1) is 21.1. The zero-order chi connectivity index (χ0) is 20.3. The van der Waals surface area contributed by atoms with Crippen molar-refractivity contribution in [2.24, 2.45) is 4.99 Å². The second kappa shape index (κ2) is 8.81. The van der Waals surface area contributed by atoms with Crippen molar-refractivity contribution in [2.75, 3.05) is 13.6 Å². The number of ether oxygens (including phenoxy) is 1. The lowest BCUT2D eigenvalue weighted by molar-refractivity contribution is -0.116. The van der Waals surface area contributed by atoms with Crippen LogP contribution in [0.15, 0.2) is 35.3 Å². The molecule has 0 radical (unpaired) electrons. The smallest absolute Gasteiger partial charge is 0.141 e. The van der Waals surface area contributed by atoms with Crippen LogP contribution in [0.25, 0.3) is 0 Å². The van der Waals surface area contributed by atoms with Gasteiger partial charge in [-0.25, -0.2) is 9.38 Å². The molecule has 1 fully saturated rings. The minimum atomic E-state index is -0.420. The van der Waals surface area contributed by atoms with Crippen molar-refractivity contribution in [3.8, 4) is 0 Å². The third-order valence-electron chi connectivity index (χ3n) is 5.34. The van der Waals surface area contributed by atoms with E-state index in [0.29, 0.717) is 11.6 Å². The maximum atomic E-state index is 13.4. The quantitative estimate of drug-likeness (QED) is 0.368. The largest absolute Gasteiger partial charge is 0.366 e. The van der Waals surface area contributed by atoms with Crippen LogP contribution >= 0.6 is 23.2 Å². The predicted molar refractivity (Wildman–Crippen MR) is 114 cm³/mol. The average molecular weight is 423 g/mol. The Hall–Kier alpha value is -1.62. The van der Waals surface area contributed by atoms with Gasteiger partial charge in [-0.3, -0.25) is 0 Å². The minimum Gasteiger partial charge on any atom is -0.366 e. The molecule has 0 aromatic heterocycles. The van der Waals surface area contributed by atoms with Gasteiger partial charge in [-0.15, -0.1) is 0 Å². The summed E-state index contributed by atoms with van der Waals surface area (Å²) in [7, 11) is 1.97. The molecule has 3 rings (SSSR count). The highest BCUT2D eigenvalue weighted by atomic mass is 35.5. The summed E-state index contributed by atoms with van der Waals surface area (Å²) in [5, 5.41) is 0.725. The van der Waals surface area contributed by atoms with E-state index in [1.807, 2.05) is 24.1 Å². The van der Waals surface area contributed by atoms with Gasteiger partial charge in [-0.1, -0.05) is 29.3 Å². The lowest BCUT2D eigenvalue weighted by atomic mass is 9.73. The number of halogens is 3. The van der Waals surface area contributed by atoms with Crippen LogP contribution in [0.3, 0.4) is 0 Å². The summed E-state index contributed by atoms with van der Waals surface area (Å²) >= 11 is 12.4. The van der Waals surface area contributed by atoms with Crippen LogP contribution < -0.4 is 0 Å². The number of aryl methyl sites for hydroxylation is 1. The summed E-state index contributed by atoms with van der Waals surface area (Å²) in [5.41, 5.74) is 3.44. The molecular formula is C22H25Cl2FN2O. The molecule has 6 heteroatoms. The van der Waals surface area contributed by atoms with Crippen molar-refractivity contribution in [1.82, 2.24) is 4.90 Å². The van der Waals surface area contributed by atoms with Crippen molar-refractivity contribution < 1.29 is 9.13 Å². The molecule has 1 aliphatic rings. The Bertz CT molecular complexity index is 881. The third-order valence-corrected chi connectivity index (χ3v) is 5.93. The number of rotatable bonds is 7. The SMILES string of the molecule is CCN(C)C=Nc1cc(C)c(C2(OCc3ccc(F)c(Cl)c3)CCC2)cc1Cl. The van der Waals surface area contributed by atoms with Crippen molar-refractivity contribution in [1.29, 1.82) is 0 Å². The second-order valence-corrected chi connectivity index (χ2v) is 8.14. The van der Waals surface area contributed by atoms with Crippen LogP contribution in [0, 0.1) is 12.7 Å². The first-order valence-electron chi connectivity index (χ1n) is 9.47. The molecule has 0 amide bonds. The maximum absolute atomic E-state index is 13.4. The fraction of sp³-hybridized carbons (Fsp3) is 0.409. The fourth-order valence-corrected chi connectivity index (χ4v) is 3.75. The van der Waals surface area contributed by atoms with Crippen LogP contribution in [0.5, 0.6) is 0 Å². The summed E-state index contributed by atoms with van der Waals surface area (Å²) in [6.45, 7) is 5.38. The molecule has 0 N–H and O–H groups in total. The van der Waals surface area contributed by atoms with E-state index in [4.69, 9.17) is 27.9 Å². The fourth-order valence-electron chi connectivity index (χ4n) is 3.34. The number of aliphatic imine (C=N–C) groups is 1. The maximum Gasteiger partial charge on any atom is 0.141 e. The van der Waals surface area contributed by atoms with E-state index in [1.165, 1.54) is 6.07 Å². The molecule has 0 unspecified atom stereocenters. The number of hydrogen-bond acceptors (Lipinski definition) is 2. The molecule has 28 heavy (non-hydrogen) atoms. The van der Waals surface area contributed by atoms with Gasteiger partial charge >= 0.3 is 0 Å². The Balaban J connectivity index is 1.82. The number of nitrogens with zero attached hydrogens (tertiary/aromatic N) is 2. The highest BCUT2D eigenvalue weighted by Crippen LogP contribution is 2.48. The van der Waals surface area contributed by atoms with E-state index >= 15 is 0 Å². The van der Waals surface area contributed by atoms with Crippen molar-refractivity contribution in [3.05, 3.63) is 62.9 Å². The standard InChI is InChI=1S/C22H25Cl2FN2O/c1-4-27(3)14-26-21-10-15(2)17(12-19(21)24)22(8-5-9-22)28-13-16-6-7-20(25)18(23)11-16/h6-7,10-12,14H,4-5,8-9,13H2,1-3H3. The summed E-state index contributed by atoms with van der Waals surface area (Å²) in [4.78, 5) is 6.48. The molecule has 1 aliphatic carbocycles. The van der Waals surface area contributed by atoms with Crippen LogP contribution in [-0.2, 0) is 16.9 Å². The Morgan fingerprint density at radius 3 is 2.57 bits per heavy atom. The van der Waals surface area contributed by atoms with E-state index in [2.05, 4.69) is 18.8 Å². The van der Waals surface area contributed by atoms with Crippen LogP contribution in [0.4, 0.5) is 10.1 Å². The van der Waals surface area contributed by atoms with Crippen molar-refractivity contribution in [3.63, 3.8) is 0 Å². The molecule has 0 aliphatic heterocycles. The van der Waals surface area contributed by atoms with E-state index in [0.717, 1.165) is 48.2 Å². The van der Waals surface area contributed by atoms with Gasteiger partial charge in [0, 0.05) is 13.6 Å². The highest BCUT2D eigenvalue weighted by Gasteiger charge is 2.41. The molecule has 2 aromatic carbocycles. The Morgan fingerprint density at radius 2 is 1.96 bits per heavy atom. The first-order chi connectivity index (χ1) is 13.3. The normalized spacial score (nSPS) is 15.6. The zero-order valence-corrected chi connectivity index (χ0v) is 17.9. The lowest BCUT2D eigenvalue weighted by Gasteiger charge is -2.43. The van der Waals surface area contributed by atoms with Crippen LogP contribution in [0.2, 0.25) is 10.0 Å². The molecule has 0 saturated heterocycles. The van der Waals surface area contributed by atoms with Gasteiger partial charge in [0.2, 0.25) is 0 Å². The molecule has 0 heterocycles. The van der Waals surface area contributed by atoms with Gasteiger partial charge in [-0.05, 0) is 74.1 Å². The molecular weight excluding hydrogens is 398 g/mol. The van der Waals surface area contributed by atoms with Gasteiger partial charge in [0.25, 0.3) is 0 Å². The second-order valence-electron chi connectivity index (χ2n) is 7.32. The zero-order valence-electron chi connectivity index (χ0n) is 16.4. The summed E-state index contributed by atoms with van der Waals surface area (Å²) in [6, 6.07) is 8.68. The topological polar surface area (TPSA) is 24.8 Å². The van der Waals surface area contributed by atoms with Gasteiger partial charge in [0.05, 0.1) is 34.3 Å². The third kappa shape index (κ3) is 4.51. The molecule has 0 bridgehead atoms. The monoisotopic (exact) mass is 422 g/mol. The first-order valence-corrected chi connectivity index (χ1v) is 10.2. The molecule has 150 valence electrons. The molecule has 3 nitrogen and oxygen atoms in total. The number of hydrogen-bond donors (Lipinski definition) is 0. The van der Waals surface area contributed by atoms with E-state index < -0.39 is 5.82 Å². The molecule has 0 atom stereocenters. The predicted octanol–water partition coefficient (Wildman–Crippen LogP) is 6.65. The highest BCUT2D eigenvalue weighted by molar-refractivity contribution is 6.33.